The van der Waals surface area contributed by atoms with E-state index in [2.05, 4.69) is 10.3 Å². The Morgan fingerprint density at radius 2 is 1.88 bits per heavy atom. The Kier molecular flexibility index (Phi) is 6.25. The van der Waals surface area contributed by atoms with Crippen LogP contribution in [0.15, 0.2) is 42.6 Å². The summed E-state index contributed by atoms with van der Waals surface area (Å²) in [6.45, 7) is 2.57. The highest BCUT2D eigenvalue weighted by atomic mass is 16.5. The Bertz CT molecular complexity index is 1080. The number of nitrogens with two attached hydrogens (primary N) is 1. The Labute approximate surface area is 190 Å². The molecule has 2 aromatic rings. The van der Waals surface area contributed by atoms with E-state index in [1.54, 1.807) is 36.4 Å². The van der Waals surface area contributed by atoms with Crippen LogP contribution in [0.25, 0.3) is 0 Å². The van der Waals surface area contributed by atoms with E-state index >= 15 is 0 Å². The summed E-state index contributed by atoms with van der Waals surface area (Å²) >= 11 is 0. The molecule has 3 N–H and O–H groups in total. The predicted octanol–water partition coefficient (Wildman–Crippen LogP) is 1.31. The molecule has 0 saturated carbocycles. The first-order valence-corrected chi connectivity index (χ1v) is 10.7. The molecule has 0 aliphatic carbocycles. The quantitative estimate of drug-likeness (QED) is 0.655. The van der Waals surface area contributed by atoms with Gasteiger partial charge >= 0.3 is 5.97 Å². The second-order valence-corrected chi connectivity index (χ2v) is 8.10. The molecule has 3 amide bonds. The number of rotatable bonds is 5. The summed E-state index contributed by atoms with van der Waals surface area (Å²) in [7, 11) is 0. The molecule has 1 saturated heterocycles. The van der Waals surface area contributed by atoms with Crippen LogP contribution in [0, 0.1) is 5.92 Å². The van der Waals surface area contributed by atoms with Crippen LogP contribution in [0.4, 0.5) is 17.2 Å². The number of pyridine rings is 1. The van der Waals surface area contributed by atoms with Crippen LogP contribution in [0.3, 0.4) is 0 Å². The third-order valence-electron chi connectivity index (χ3n) is 5.86. The summed E-state index contributed by atoms with van der Waals surface area (Å²) in [5, 5.41) is 2.73. The summed E-state index contributed by atoms with van der Waals surface area (Å²) in [6, 6.07) is 10.3. The van der Waals surface area contributed by atoms with Crippen LogP contribution in [0.1, 0.15) is 30.1 Å². The average Bonchev–Trinajstić information content (AvgIpc) is 2.83. The van der Waals surface area contributed by atoms with Gasteiger partial charge in [-0.1, -0.05) is 12.1 Å². The minimum Gasteiger partial charge on any atom is -0.452 e. The first kappa shape index (κ1) is 22.3. The van der Waals surface area contributed by atoms with Crippen molar-refractivity contribution in [3.8, 4) is 0 Å². The monoisotopic (exact) mass is 451 g/mol. The summed E-state index contributed by atoms with van der Waals surface area (Å²) in [6.07, 6.45) is 1.52. The minimum atomic E-state index is -1.02. The molecule has 2 aliphatic rings. The Balaban J connectivity index is 1.33. The lowest BCUT2D eigenvalue weighted by atomic mass is 9.97. The van der Waals surface area contributed by atoms with Crippen molar-refractivity contribution in [1.29, 1.82) is 0 Å². The number of hydrogen-bond donors (Lipinski definition) is 2. The van der Waals surface area contributed by atoms with Crippen molar-refractivity contribution in [1.82, 2.24) is 4.98 Å². The van der Waals surface area contributed by atoms with Gasteiger partial charge in [-0.15, -0.1) is 0 Å². The van der Waals surface area contributed by atoms with Crippen molar-refractivity contribution in [3.63, 3.8) is 0 Å². The van der Waals surface area contributed by atoms with E-state index in [-0.39, 0.29) is 18.4 Å². The molecule has 33 heavy (non-hydrogen) atoms. The highest BCUT2D eigenvalue weighted by molar-refractivity contribution is 6.11. The Morgan fingerprint density at radius 1 is 1.15 bits per heavy atom. The van der Waals surface area contributed by atoms with Crippen LogP contribution < -0.4 is 20.9 Å². The second-order valence-electron chi connectivity index (χ2n) is 8.10. The van der Waals surface area contributed by atoms with Crippen molar-refractivity contribution in [2.24, 2.45) is 11.7 Å². The third kappa shape index (κ3) is 4.79. The van der Waals surface area contributed by atoms with Crippen LogP contribution in [-0.2, 0) is 19.1 Å². The number of benzene rings is 1. The van der Waals surface area contributed by atoms with Crippen molar-refractivity contribution >= 4 is 40.9 Å². The first-order chi connectivity index (χ1) is 15.8. The van der Waals surface area contributed by atoms with Gasteiger partial charge < -0.3 is 20.7 Å². The molecule has 3 heterocycles. The first-order valence-electron chi connectivity index (χ1n) is 10.7. The van der Waals surface area contributed by atoms with E-state index < -0.39 is 23.9 Å². The summed E-state index contributed by atoms with van der Waals surface area (Å²) in [5.74, 6) is -1.34. The van der Waals surface area contributed by atoms with Gasteiger partial charge in [0.15, 0.2) is 6.10 Å². The van der Waals surface area contributed by atoms with Gasteiger partial charge in [0.1, 0.15) is 12.4 Å². The lowest BCUT2D eigenvalue weighted by Gasteiger charge is -2.33. The van der Waals surface area contributed by atoms with Gasteiger partial charge in [0.2, 0.25) is 11.8 Å². The maximum Gasteiger partial charge on any atom is 0.309 e. The number of carbonyl (C=O) groups is 4. The van der Waals surface area contributed by atoms with Gasteiger partial charge in [-0.3, -0.25) is 24.1 Å². The zero-order valence-electron chi connectivity index (χ0n) is 18.2. The number of amides is 3. The molecule has 0 spiro atoms. The van der Waals surface area contributed by atoms with Crippen molar-refractivity contribution in [3.05, 3.63) is 48.2 Å². The number of nitrogens with zero attached hydrogens (tertiary/aromatic N) is 3. The van der Waals surface area contributed by atoms with Crippen LogP contribution >= 0.6 is 0 Å². The number of primary amides is 1. The molecule has 4 rings (SSSR count). The van der Waals surface area contributed by atoms with Crippen molar-refractivity contribution in [2.75, 3.05) is 34.8 Å². The van der Waals surface area contributed by atoms with Gasteiger partial charge in [-0.05, 0) is 44.0 Å². The van der Waals surface area contributed by atoms with E-state index in [4.69, 9.17) is 10.5 Å². The fraction of sp³-hybridized carbons (Fsp3) is 0.348. The SMILES string of the molecule is CC(OC(=O)C1CCN(c2ccc(C(N)=O)cn2)CC1)C(=O)N1CC(=O)Nc2ccccc21. The van der Waals surface area contributed by atoms with E-state index in [9.17, 15) is 19.2 Å². The van der Waals surface area contributed by atoms with E-state index in [0.717, 1.165) is 0 Å². The topological polar surface area (TPSA) is 135 Å². The summed E-state index contributed by atoms with van der Waals surface area (Å²) in [5.41, 5.74) is 6.70. The predicted molar refractivity (Wildman–Crippen MR) is 121 cm³/mol. The normalized spacial score (nSPS) is 17.1. The number of esters is 1. The molecular weight excluding hydrogens is 426 g/mol. The van der Waals surface area contributed by atoms with Gasteiger partial charge in [-0.2, -0.15) is 0 Å². The average molecular weight is 451 g/mol. The molecule has 0 radical (unpaired) electrons. The highest BCUT2D eigenvalue weighted by Crippen LogP contribution is 2.30. The minimum absolute atomic E-state index is 0.127. The number of hydrogen-bond acceptors (Lipinski definition) is 7. The zero-order valence-corrected chi connectivity index (χ0v) is 18.2. The van der Waals surface area contributed by atoms with Crippen LogP contribution in [0.5, 0.6) is 0 Å². The smallest absolute Gasteiger partial charge is 0.309 e. The summed E-state index contributed by atoms with van der Waals surface area (Å²) in [4.78, 5) is 56.5. The molecule has 1 aromatic carbocycles. The number of aromatic nitrogens is 1. The number of fused-ring (bicyclic) bond motifs is 1. The molecule has 1 aromatic heterocycles. The van der Waals surface area contributed by atoms with Crippen LogP contribution in [-0.4, -0.2) is 54.4 Å². The lowest BCUT2D eigenvalue weighted by molar-refractivity contribution is -0.158. The van der Waals surface area contributed by atoms with Gasteiger partial charge in [-0.25, -0.2) is 4.98 Å². The Hall–Kier alpha value is -3.95. The molecule has 10 nitrogen and oxygen atoms in total. The summed E-state index contributed by atoms with van der Waals surface area (Å²) < 4.78 is 5.49. The number of carbonyl (C=O) groups excluding carboxylic acids is 4. The maximum absolute atomic E-state index is 13.0. The fourth-order valence-electron chi connectivity index (χ4n) is 4.03. The standard InChI is InChI=1S/C23H25N5O5/c1-14(22(31)28-13-20(29)26-17-4-2-3-5-18(17)28)33-23(32)15-8-10-27(11-9-15)19-7-6-16(12-25-19)21(24)30/h2-7,12,14-15H,8-11,13H2,1H3,(H2,24,30)(H,26,29). The molecule has 2 aliphatic heterocycles. The third-order valence-corrected chi connectivity index (χ3v) is 5.86. The highest BCUT2D eigenvalue weighted by Gasteiger charge is 2.34. The van der Waals surface area contributed by atoms with Gasteiger partial charge in [0, 0.05) is 19.3 Å². The molecule has 0 bridgehead atoms. The molecule has 1 fully saturated rings. The van der Waals surface area contributed by atoms with Crippen molar-refractivity contribution in [2.45, 2.75) is 25.9 Å². The largest absolute Gasteiger partial charge is 0.452 e. The number of piperidine rings is 1. The molecule has 172 valence electrons. The zero-order chi connectivity index (χ0) is 23.5. The van der Waals surface area contributed by atoms with Crippen LogP contribution in [0.2, 0.25) is 0 Å². The molecule has 10 heteroatoms. The lowest BCUT2D eigenvalue weighted by Crippen LogP contribution is -2.47. The Morgan fingerprint density at radius 3 is 2.55 bits per heavy atom. The van der Waals surface area contributed by atoms with Gasteiger partial charge in [0.05, 0.1) is 22.9 Å². The number of para-hydroxylation sites is 2. The van der Waals surface area contributed by atoms with Gasteiger partial charge in [0.25, 0.3) is 5.91 Å². The molecule has 1 unspecified atom stereocenters. The molecule has 1 atom stereocenters. The fourth-order valence-corrected chi connectivity index (χ4v) is 4.03. The van der Waals surface area contributed by atoms with E-state index in [0.29, 0.717) is 48.7 Å². The number of ether oxygens (including phenoxy) is 1. The molecular formula is C23H25N5O5. The van der Waals surface area contributed by atoms with Crippen molar-refractivity contribution < 1.29 is 23.9 Å². The maximum atomic E-state index is 13.0. The van der Waals surface area contributed by atoms with E-state index in [1.807, 2.05) is 4.90 Å². The number of anilines is 3. The van der Waals surface area contributed by atoms with E-state index in [1.165, 1.54) is 18.0 Å². The second kappa shape index (κ2) is 9.27. The number of nitrogens with one attached hydrogen (secondary N) is 1.